The Kier molecular flexibility index (Phi) is 5.81. The zero-order valence-corrected chi connectivity index (χ0v) is 6.73. The van der Waals surface area contributed by atoms with Crippen LogP contribution in [0.3, 0.4) is 0 Å². The molecule has 0 atom stereocenters. The van der Waals surface area contributed by atoms with Gasteiger partial charge in [-0.3, -0.25) is 10.1 Å². The molecule has 72 valence electrons. The molecule has 1 heterocycles. The van der Waals surface area contributed by atoms with E-state index < -0.39 is 18.5 Å². The van der Waals surface area contributed by atoms with Crippen LogP contribution in [0.15, 0.2) is 18.7 Å². The minimum Gasteiger partial charge on any atom is -0.387 e. The van der Waals surface area contributed by atoms with Crippen LogP contribution in [0.1, 0.15) is 0 Å². The Hall–Kier alpha value is -1.89. The van der Waals surface area contributed by atoms with E-state index in [0.29, 0.717) is 0 Å². The van der Waals surface area contributed by atoms with E-state index in [1.165, 1.54) is 0 Å². The number of nitrogens with zero attached hydrogens (tertiary/aromatic N) is 1. The van der Waals surface area contributed by atoms with Gasteiger partial charge in [-0.2, -0.15) is 0 Å². The molecule has 0 saturated carbocycles. The number of H-pyrrole nitrogens is 1. The van der Waals surface area contributed by atoms with Gasteiger partial charge < -0.3 is 15.8 Å². The average molecular weight is 186 g/mol. The van der Waals surface area contributed by atoms with Gasteiger partial charge in [0.2, 0.25) is 0 Å². The summed E-state index contributed by atoms with van der Waals surface area (Å²) in [6.45, 7) is -0.719. The van der Waals surface area contributed by atoms with Crippen LogP contribution in [0.25, 0.3) is 0 Å². The topological polar surface area (TPSA) is 121 Å². The minimum absolute atomic E-state index is 0.719. The van der Waals surface area contributed by atoms with E-state index in [4.69, 9.17) is 5.11 Å². The van der Waals surface area contributed by atoms with Gasteiger partial charge in [0.25, 0.3) is 5.91 Å². The Balaban J connectivity index is 0.000000243. The summed E-state index contributed by atoms with van der Waals surface area (Å²) >= 11 is 0. The molecule has 1 aromatic rings. The van der Waals surface area contributed by atoms with E-state index in [1.54, 1.807) is 24.0 Å². The summed E-state index contributed by atoms with van der Waals surface area (Å²) in [4.78, 5) is 26.1. The molecule has 0 radical (unpaired) electrons. The maximum Gasteiger partial charge on any atom is 0.318 e. The molecule has 0 aliphatic carbocycles. The highest BCUT2D eigenvalue weighted by Gasteiger charge is 1.98. The summed E-state index contributed by atoms with van der Waals surface area (Å²) in [6.07, 6.45) is 5.08. The van der Waals surface area contributed by atoms with Crippen molar-refractivity contribution >= 4 is 11.9 Å². The zero-order valence-electron chi connectivity index (χ0n) is 6.73. The van der Waals surface area contributed by atoms with E-state index in [9.17, 15) is 9.59 Å². The van der Waals surface area contributed by atoms with Gasteiger partial charge in [-0.05, 0) is 0 Å². The molecule has 0 aliphatic heterocycles. The summed E-state index contributed by atoms with van der Waals surface area (Å²) in [6, 6.07) is -0.955. The van der Waals surface area contributed by atoms with Crippen LogP contribution in [-0.4, -0.2) is 33.6 Å². The highest BCUT2D eigenvalue weighted by molar-refractivity contribution is 5.93. The summed E-state index contributed by atoms with van der Waals surface area (Å²) in [7, 11) is 0. The predicted octanol–water partition coefficient (Wildman–Crippen LogP) is -1.42. The lowest BCUT2D eigenvalue weighted by Crippen LogP contribution is -2.36. The molecule has 0 unspecified atom stereocenters. The van der Waals surface area contributed by atoms with Gasteiger partial charge in [0.15, 0.2) is 0 Å². The van der Waals surface area contributed by atoms with Crippen molar-refractivity contribution in [2.75, 3.05) is 6.61 Å². The number of rotatable bonds is 1. The fraction of sp³-hybridized carbons (Fsp3) is 0.167. The summed E-state index contributed by atoms with van der Waals surface area (Å²) in [5.74, 6) is -0.794. The van der Waals surface area contributed by atoms with Gasteiger partial charge in [0, 0.05) is 12.4 Å². The fourth-order valence-corrected chi connectivity index (χ4v) is 0.392. The van der Waals surface area contributed by atoms with E-state index in [-0.39, 0.29) is 0 Å². The van der Waals surface area contributed by atoms with Crippen molar-refractivity contribution in [1.29, 1.82) is 0 Å². The number of nitrogens with one attached hydrogen (secondary N) is 2. The van der Waals surface area contributed by atoms with E-state index in [2.05, 4.69) is 15.7 Å². The Bertz CT molecular complexity index is 229. The second-order valence-corrected chi connectivity index (χ2v) is 1.83. The lowest BCUT2D eigenvalue weighted by Gasteiger charge is -1.92. The number of carbonyl (C=O) groups excluding carboxylic acids is 2. The molecule has 1 rings (SSSR count). The van der Waals surface area contributed by atoms with E-state index >= 15 is 0 Å². The maximum atomic E-state index is 9.96. The molecule has 0 spiro atoms. The van der Waals surface area contributed by atoms with Crippen molar-refractivity contribution in [2.45, 2.75) is 0 Å². The second kappa shape index (κ2) is 6.80. The first kappa shape index (κ1) is 11.1. The number of aliphatic hydroxyl groups is 1. The minimum atomic E-state index is -0.955. The van der Waals surface area contributed by atoms with Crippen molar-refractivity contribution < 1.29 is 14.7 Å². The monoisotopic (exact) mass is 186 g/mol. The number of aromatic nitrogens is 2. The molecule has 1 aromatic heterocycles. The zero-order chi connectivity index (χ0) is 10.1. The maximum absolute atomic E-state index is 9.96. The summed E-state index contributed by atoms with van der Waals surface area (Å²) < 4.78 is 0. The Morgan fingerprint density at radius 3 is 2.46 bits per heavy atom. The molecule has 0 saturated heterocycles. The van der Waals surface area contributed by atoms with Crippen molar-refractivity contribution in [3.63, 3.8) is 0 Å². The smallest absolute Gasteiger partial charge is 0.318 e. The molecular weight excluding hydrogens is 176 g/mol. The molecule has 0 fully saturated rings. The first-order chi connectivity index (χ1) is 6.16. The standard InChI is InChI=1S/C3H6N2O3.C3H4N2/c4-3(8)5-2(7)1-6;1-2-5-3-4-1/h6H,1H2,(H3,4,5,7,8);1-3H,(H,4,5). The van der Waals surface area contributed by atoms with Gasteiger partial charge >= 0.3 is 6.03 Å². The van der Waals surface area contributed by atoms with Crippen molar-refractivity contribution in [3.05, 3.63) is 18.7 Å². The quantitative estimate of drug-likeness (QED) is 0.430. The van der Waals surface area contributed by atoms with Crippen molar-refractivity contribution in [1.82, 2.24) is 15.3 Å². The van der Waals surface area contributed by atoms with Crippen LogP contribution in [0.4, 0.5) is 4.79 Å². The molecule has 0 aliphatic rings. The number of carbonyl (C=O) groups is 2. The number of aliphatic hydroxyl groups excluding tert-OH is 1. The van der Waals surface area contributed by atoms with Gasteiger partial charge in [-0.25, -0.2) is 9.78 Å². The Morgan fingerprint density at radius 2 is 2.31 bits per heavy atom. The fourth-order valence-electron chi connectivity index (χ4n) is 0.392. The number of amides is 3. The number of imidazole rings is 1. The lowest BCUT2D eigenvalue weighted by atomic mass is 10.6. The number of hydrogen-bond donors (Lipinski definition) is 4. The van der Waals surface area contributed by atoms with Crippen LogP contribution in [-0.2, 0) is 4.79 Å². The van der Waals surface area contributed by atoms with Gasteiger partial charge in [-0.1, -0.05) is 0 Å². The third-order valence-corrected chi connectivity index (χ3v) is 0.812. The normalized spacial score (nSPS) is 8.08. The number of hydrogen-bond acceptors (Lipinski definition) is 4. The van der Waals surface area contributed by atoms with Gasteiger partial charge in [0.05, 0.1) is 6.33 Å². The first-order valence-corrected chi connectivity index (χ1v) is 3.29. The highest BCUT2D eigenvalue weighted by atomic mass is 16.3. The first-order valence-electron chi connectivity index (χ1n) is 3.29. The predicted molar refractivity (Wildman–Crippen MR) is 43.4 cm³/mol. The molecular formula is C6H10N4O3. The lowest BCUT2D eigenvalue weighted by molar-refractivity contribution is -0.122. The van der Waals surface area contributed by atoms with Crippen LogP contribution in [0, 0.1) is 0 Å². The number of nitrogens with two attached hydrogens (primary N) is 1. The molecule has 0 bridgehead atoms. The van der Waals surface area contributed by atoms with Gasteiger partial charge in [-0.15, -0.1) is 0 Å². The highest BCUT2D eigenvalue weighted by Crippen LogP contribution is 1.62. The van der Waals surface area contributed by atoms with E-state index in [0.717, 1.165) is 0 Å². The van der Waals surface area contributed by atoms with Gasteiger partial charge in [0.1, 0.15) is 6.61 Å². The third kappa shape index (κ3) is 8.01. The third-order valence-electron chi connectivity index (χ3n) is 0.812. The number of imide groups is 1. The molecule has 7 nitrogen and oxygen atoms in total. The second-order valence-electron chi connectivity index (χ2n) is 1.83. The summed E-state index contributed by atoms with van der Waals surface area (Å²) in [5, 5.41) is 9.61. The van der Waals surface area contributed by atoms with Crippen molar-refractivity contribution in [2.24, 2.45) is 5.73 Å². The van der Waals surface area contributed by atoms with Crippen LogP contribution < -0.4 is 11.1 Å². The number of urea groups is 1. The molecule has 5 N–H and O–H groups in total. The average Bonchev–Trinajstić information content (AvgIpc) is 2.59. The Morgan fingerprint density at radius 1 is 1.62 bits per heavy atom. The van der Waals surface area contributed by atoms with E-state index in [1.807, 2.05) is 0 Å². The largest absolute Gasteiger partial charge is 0.387 e. The molecule has 7 heteroatoms. The number of primary amides is 1. The van der Waals surface area contributed by atoms with Crippen LogP contribution in [0.5, 0.6) is 0 Å². The molecule has 3 amide bonds. The molecule has 13 heavy (non-hydrogen) atoms. The van der Waals surface area contributed by atoms with Crippen molar-refractivity contribution in [3.8, 4) is 0 Å². The van der Waals surface area contributed by atoms with Crippen LogP contribution >= 0.6 is 0 Å². The Labute approximate surface area is 74.0 Å². The summed E-state index contributed by atoms with van der Waals surface area (Å²) in [5.41, 5.74) is 4.49. The number of aromatic amines is 1. The SMILES string of the molecule is NC(=O)NC(=O)CO.c1c[nH]cn1. The molecule has 0 aromatic carbocycles. The van der Waals surface area contributed by atoms with Crippen LogP contribution in [0.2, 0.25) is 0 Å².